The number of anilines is 1. The van der Waals surface area contributed by atoms with Crippen LogP contribution >= 0.6 is 0 Å². The second kappa shape index (κ2) is 7.86. The molecule has 0 spiro atoms. The van der Waals surface area contributed by atoms with E-state index in [1.807, 2.05) is 6.92 Å². The van der Waals surface area contributed by atoms with Crippen LogP contribution in [0.1, 0.15) is 25.3 Å². The average Bonchev–Trinajstić information content (AvgIpc) is 3.04. The molecule has 0 saturated carbocycles. The van der Waals surface area contributed by atoms with Gasteiger partial charge < -0.3 is 4.57 Å². The highest BCUT2D eigenvalue weighted by molar-refractivity contribution is 5.81. The molecule has 3 aromatic rings. The van der Waals surface area contributed by atoms with E-state index in [1.165, 1.54) is 30.0 Å². The van der Waals surface area contributed by atoms with Gasteiger partial charge >= 0.3 is 5.69 Å². The maximum absolute atomic E-state index is 12.3. The quantitative estimate of drug-likeness (QED) is 0.359. The summed E-state index contributed by atoms with van der Waals surface area (Å²) in [5, 5.41) is 14.9. The van der Waals surface area contributed by atoms with Crippen LogP contribution in [-0.4, -0.2) is 30.2 Å². The molecule has 0 unspecified atom stereocenters. The average molecular weight is 385 g/mol. The van der Waals surface area contributed by atoms with E-state index in [9.17, 15) is 19.7 Å². The Kier molecular flexibility index (Phi) is 5.34. The first-order valence-corrected chi connectivity index (χ1v) is 8.65. The summed E-state index contributed by atoms with van der Waals surface area (Å²) in [6.45, 7) is 2.54. The lowest BCUT2D eigenvalue weighted by Gasteiger charge is -2.06. The van der Waals surface area contributed by atoms with E-state index in [-0.39, 0.29) is 16.9 Å². The molecular weight excluding hydrogens is 366 g/mol. The summed E-state index contributed by atoms with van der Waals surface area (Å²) in [7, 11) is 1.52. The predicted octanol–water partition coefficient (Wildman–Crippen LogP) is 1.58. The number of nitrogens with one attached hydrogen (secondary N) is 2. The second-order valence-electron chi connectivity index (χ2n) is 6.15. The van der Waals surface area contributed by atoms with E-state index in [4.69, 9.17) is 0 Å². The van der Waals surface area contributed by atoms with Gasteiger partial charge in [-0.05, 0) is 6.42 Å². The van der Waals surface area contributed by atoms with Crippen molar-refractivity contribution in [3.63, 3.8) is 0 Å². The van der Waals surface area contributed by atoms with E-state index < -0.39 is 16.2 Å². The van der Waals surface area contributed by atoms with Gasteiger partial charge in [0.1, 0.15) is 0 Å². The number of nitro benzene ring substituents is 1. The van der Waals surface area contributed by atoms with Crippen LogP contribution in [0, 0.1) is 10.1 Å². The summed E-state index contributed by atoms with van der Waals surface area (Å²) < 4.78 is 2.93. The molecule has 2 N–H and O–H groups in total. The van der Waals surface area contributed by atoms with Gasteiger partial charge in [-0.1, -0.05) is 25.5 Å². The standard InChI is InChI=1S/C17H19N7O4/c1-3-4-8-23-13-14(22(2)17(26)20-15(13)25)19-16(23)21-18-10-11-6-5-7-12(9-11)24(27)28/h5-7,9-10H,3-4,8H2,1-2H3,(H,19,21)(H,20,25,26)/b18-10-. The number of nitrogens with zero attached hydrogens (tertiary/aromatic N) is 5. The minimum atomic E-state index is -0.552. The molecule has 0 aliphatic carbocycles. The molecule has 11 nitrogen and oxygen atoms in total. The summed E-state index contributed by atoms with van der Waals surface area (Å²) >= 11 is 0. The molecule has 3 rings (SSSR count). The van der Waals surface area contributed by atoms with Crippen molar-refractivity contribution in [1.82, 2.24) is 19.1 Å². The Balaban J connectivity index is 1.98. The number of hydrazone groups is 1. The minimum Gasteiger partial charge on any atom is -0.303 e. The van der Waals surface area contributed by atoms with Gasteiger partial charge in [0.05, 0.1) is 11.1 Å². The zero-order valence-corrected chi connectivity index (χ0v) is 15.4. The fourth-order valence-electron chi connectivity index (χ4n) is 2.74. The first-order valence-electron chi connectivity index (χ1n) is 8.65. The summed E-state index contributed by atoms with van der Waals surface area (Å²) in [5.74, 6) is 0.303. The van der Waals surface area contributed by atoms with Crippen LogP contribution in [0.15, 0.2) is 39.0 Å². The molecular formula is C17H19N7O4. The third kappa shape index (κ3) is 3.68. The summed E-state index contributed by atoms with van der Waals surface area (Å²) in [6, 6.07) is 6.01. The van der Waals surface area contributed by atoms with Crippen molar-refractivity contribution < 1.29 is 4.92 Å². The molecule has 0 atom stereocenters. The van der Waals surface area contributed by atoms with Crippen LogP contribution in [0.25, 0.3) is 11.2 Å². The Morgan fingerprint density at radius 3 is 2.89 bits per heavy atom. The Morgan fingerprint density at radius 1 is 1.39 bits per heavy atom. The highest BCUT2D eigenvalue weighted by atomic mass is 16.6. The number of aryl methyl sites for hydroxylation is 2. The molecule has 0 amide bonds. The lowest BCUT2D eigenvalue weighted by molar-refractivity contribution is -0.384. The fraction of sp³-hybridized carbons (Fsp3) is 0.294. The number of nitro groups is 1. The highest BCUT2D eigenvalue weighted by Gasteiger charge is 2.16. The van der Waals surface area contributed by atoms with Crippen LogP contribution < -0.4 is 16.7 Å². The maximum Gasteiger partial charge on any atom is 0.329 e. The first kappa shape index (κ1) is 19.0. The van der Waals surface area contributed by atoms with Gasteiger partial charge in [-0.2, -0.15) is 10.1 Å². The third-order valence-corrected chi connectivity index (χ3v) is 4.20. The molecule has 146 valence electrons. The van der Waals surface area contributed by atoms with Crippen molar-refractivity contribution in [2.45, 2.75) is 26.3 Å². The van der Waals surface area contributed by atoms with Crippen molar-refractivity contribution in [3.8, 4) is 0 Å². The van der Waals surface area contributed by atoms with Crippen LogP contribution in [0.3, 0.4) is 0 Å². The molecule has 28 heavy (non-hydrogen) atoms. The number of non-ortho nitro benzene ring substituents is 1. The van der Waals surface area contributed by atoms with Crippen molar-refractivity contribution in [1.29, 1.82) is 0 Å². The van der Waals surface area contributed by atoms with Gasteiger partial charge in [-0.25, -0.2) is 10.2 Å². The van der Waals surface area contributed by atoms with Crippen molar-refractivity contribution in [3.05, 3.63) is 60.8 Å². The van der Waals surface area contributed by atoms with E-state index >= 15 is 0 Å². The van der Waals surface area contributed by atoms with Crippen LogP contribution in [0.5, 0.6) is 0 Å². The minimum absolute atomic E-state index is 0.0410. The van der Waals surface area contributed by atoms with Gasteiger partial charge in [0.2, 0.25) is 5.95 Å². The van der Waals surface area contributed by atoms with Crippen molar-refractivity contribution in [2.75, 3.05) is 5.43 Å². The Labute approximate surface area is 158 Å². The van der Waals surface area contributed by atoms with Crippen LogP contribution in [-0.2, 0) is 13.6 Å². The number of aromatic nitrogens is 4. The zero-order valence-electron chi connectivity index (χ0n) is 15.4. The number of unbranched alkanes of at least 4 members (excludes halogenated alkanes) is 1. The van der Waals surface area contributed by atoms with Crippen molar-refractivity contribution in [2.24, 2.45) is 12.1 Å². The molecule has 0 radical (unpaired) electrons. The van der Waals surface area contributed by atoms with Gasteiger partial charge in [0.15, 0.2) is 11.2 Å². The SMILES string of the molecule is CCCCn1c(N/N=C\c2cccc([N+](=O)[O-])c2)nc2c1c(=O)[nH]c(=O)n2C. The Morgan fingerprint density at radius 2 is 2.18 bits per heavy atom. The number of imidazole rings is 1. The topological polar surface area (TPSA) is 140 Å². The van der Waals surface area contributed by atoms with Gasteiger partial charge in [-0.15, -0.1) is 0 Å². The van der Waals surface area contributed by atoms with Gasteiger partial charge in [0, 0.05) is 31.3 Å². The first-order chi connectivity index (χ1) is 13.4. The Bertz CT molecular complexity index is 1170. The molecule has 0 bridgehead atoms. The lowest BCUT2D eigenvalue weighted by Crippen LogP contribution is -2.29. The third-order valence-electron chi connectivity index (χ3n) is 4.20. The van der Waals surface area contributed by atoms with E-state index in [2.05, 4.69) is 20.5 Å². The smallest absolute Gasteiger partial charge is 0.303 e. The molecule has 2 aromatic heterocycles. The largest absolute Gasteiger partial charge is 0.329 e. The van der Waals surface area contributed by atoms with E-state index in [1.54, 1.807) is 16.7 Å². The summed E-state index contributed by atoms with van der Waals surface area (Å²) in [4.78, 5) is 41.1. The fourth-order valence-corrected chi connectivity index (χ4v) is 2.74. The molecule has 1 aromatic carbocycles. The summed E-state index contributed by atoms with van der Waals surface area (Å²) in [6.07, 6.45) is 3.12. The van der Waals surface area contributed by atoms with Gasteiger partial charge in [0.25, 0.3) is 11.2 Å². The second-order valence-corrected chi connectivity index (χ2v) is 6.15. The van der Waals surface area contributed by atoms with Crippen LogP contribution in [0.2, 0.25) is 0 Å². The number of hydrogen-bond donors (Lipinski definition) is 2. The maximum atomic E-state index is 12.3. The number of fused-ring (bicyclic) bond motifs is 1. The number of hydrogen-bond acceptors (Lipinski definition) is 7. The zero-order chi connectivity index (χ0) is 20.3. The molecule has 0 fully saturated rings. The van der Waals surface area contributed by atoms with Gasteiger partial charge in [-0.3, -0.25) is 24.5 Å². The van der Waals surface area contributed by atoms with Crippen molar-refractivity contribution >= 4 is 29.0 Å². The molecule has 2 heterocycles. The molecule has 0 aliphatic rings. The summed E-state index contributed by atoms with van der Waals surface area (Å²) in [5.41, 5.74) is 2.72. The number of H-pyrrole nitrogens is 1. The van der Waals surface area contributed by atoms with E-state index in [0.29, 0.717) is 18.1 Å². The molecule has 11 heteroatoms. The predicted molar refractivity (Wildman–Crippen MR) is 105 cm³/mol. The number of rotatable bonds is 7. The lowest BCUT2D eigenvalue weighted by atomic mass is 10.2. The molecule has 0 aliphatic heterocycles. The number of benzene rings is 1. The monoisotopic (exact) mass is 385 g/mol. The number of aromatic amines is 1. The normalized spacial score (nSPS) is 11.4. The van der Waals surface area contributed by atoms with Crippen LogP contribution in [0.4, 0.5) is 11.6 Å². The highest BCUT2D eigenvalue weighted by Crippen LogP contribution is 2.17. The molecule has 0 saturated heterocycles. The Hall–Kier alpha value is -3.76. The van der Waals surface area contributed by atoms with E-state index in [0.717, 1.165) is 12.8 Å².